The van der Waals surface area contributed by atoms with Crippen LogP contribution in [0, 0.1) is 18.2 Å². The molecule has 2 amide bonds. The molecule has 2 aromatic heterocycles. The van der Waals surface area contributed by atoms with Crippen LogP contribution in [0.4, 0.5) is 25.8 Å². The topological polar surface area (TPSA) is 92.3 Å². The van der Waals surface area contributed by atoms with E-state index in [1.807, 2.05) is 20.8 Å². The number of amides is 2. The summed E-state index contributed by atoms with van der Waals surface area (Å²) in [4.78, 5) is 54.3. The largest absolute Gasteiger partial charge is 0.496 e. The van der Waals surface area contributed by atoms with Crippen LogP contribution in [0.3, 0.4) is 0 Å². The summed E-state index contributed by atoms with van der Waals surface area (Å²) in [5.41, 5.74) is -0.0672. The highest BCUT2D eigenvalue weighted by atomic mass is 19.1. The van der Waals surface area contributed by atoms with Gasteiger partial charge < -0.3 is 19.4 Å². The molecule has 0 unspecified atom stereocenters. The highest BCUT2D eigenvalue weighted by molar-refractivity contribution is 6.12. The van der Waals surface area contributed by atoms with Crippen molar-refractivity contribution in [3.63, 3.8) is 0 Å². The number of likely N-dealkylation sites (N-methyl/N-ethyl adjacent to an activating group) is 1. The fourth-order valence-corrected chi connectivity index (χ4v) is 6.68. The van der Waals surface area contributed by atoms with Crippen molar-refractivity contribution in [1.29, 1.82) is 0 Å². The minimum absolute atomic E-state index is 0.0116. The molecule has 47 heavy (non-hydrogen) atoms. The SMILES string of the molecule is [C-]#[N+]c1cccc(C(C)C)c1-n1c(=O)c2c(c3cc(F)c(-c4c(F)cccc4OC)nc31)N1C[C@@H](C)N(C(=O)C=C)C[C@@H]1C(=O)N2C. The van der Waals surface area contributed by atoms with Gasteiger partial charge in [0.25, 0.3) is 11.5 Å². The Morgan fingerprint density at radius 3 is 2.49 bits per heavy atom. The molecule has 0 radical (unpaired) electrons. The van der Waals surface area contributed by atoms with E-state index in [0.717, 1.165) is 6.07 Å². The molecule has 0 spiro atoms. The van der Waals surface area contributed by atoms with E-state index in [2.05, 4.69) is 16.4 Å². The van der Waals surface area contributed by atoms with Crippen molar-refractivity contribution in [1.82, 2.24) is 14.5 Å². The number of benzene rings is 2. The van der Waals surface area contributed by atoms with Gasteiger partial charge in [-0.05, 0) is 42.7 Å². The Labute approximate surface area is 269 Å². The molecule has 4 heterocycles. The summed E-state index contributed by atoms with van der Waals surface area (Å²) in [5, 5.41) is 0.172. The van der Waals surface area contributed by atoms with Crippen LogP contribution < -0.4 is 20.1 Å². The average molecular weight is 639 g/mol. The van der Waals surface area contributed by atoms with E-state index in [1.165, 1.54) is 52.8 Å². The number of piperazine rings is 1. The standard InChI is InChI=1S/C35H32F2N6O4/c1-8-27(44)41-17-25-34(45)40(6)32-31(42(25)16-19(41)4)21-15-23(37)29(28-22(36)12-10-14-26(28)47-7)39-33(21)43(35(32)46)30-20(18(2)3)11-9-13-24(30)38-5/h8-15,18-19,25H,1,16-17H2,2-4,6-7H3/t19-,25-/m1/s1. The molecule has 2 atom stereocenters. The second-order valence-electron chi connectivity index (χ2n) is 11.9. The predicted molar refractivity (Wildman–Crippen MR) is 176 cm³/mol. The van der Waals surface area contributed by atoms with Crippen LogP contribution in [0.5, 0.6) is 5.75 Å². The van der Waals surface area contributed by atoms with Crippen molar-refractivity contribution in [3.05, 3.63) is 94.1 Å². The third kappa shape index (κ3) is 4.72. The maximum Gasteiger partial charge on any atom is 0.281 e. The van der Waals surface area contributed by atoms with Crippen molar-refractivity contribution >= 4 is 39.9 Å². The lowest BCUT2D eigenvalue weighted by molar-refractivity contribution is -0.130. The second kappa shape index (κ2) is 11.7. The number of nitrogens with zero attached hydrogens (tertiary/aromatic N) is 6. The van der Waals surface area contributed by atoms with Crippen LogP contribution in [0.1, 0.15) is 32.3 Å². The van der Waals surface area contributed by atoms with Gasteiger partial charge in [0, 0.05) is 25.0 Å². The van der Waals surface area contributed by atoms with Crippen LogP contribution in [0.25, 0.3) is 32.8 Å². The summed E-state index contributed by atoms with van der Waals surface area (Å²) in [5.74, 6) is -2.57. The summed E-state index contributed by atoms with van der Waals surface area (Å²) in [6, 6.07) is 9.03. The Morgan fingerprint density at radius 1 is 1.11 bits per heavy atom. The van der Waals surface area contributed by atoms with Crippen LogP contribution >= 0.6 is 0 Å². The van der Waals surface area contributed by atoms with E-state index >= 15 is 8.78 Å². The minimum Gasteiger partial charge on any atom is -0.496 e. The van der Waals surface area contributed by atoms with Gasteiger partial charge in [0.05, 0.1) is 37.2 Å². The maximum atomic E-state index is 16.4. The molecule has 0 N–H and O–H groups in total. The predicted octanol–water partition coefficient (Wildman–Crippen LogP) is 5.58. The monoisotopic (exact) mass is 638 g/mol. The highest BCUT2D eigenvalue weighted by Gasteiger charge is 2.46. The summed E-state index contributed by atoms with van der Waals surface area (Å²) < 4.78 is 38.3. The number of ether oxygens (including phenoxy) is 1. The first-order chi connectivity index (χ1) is 22.4. The van der Waals surface area contributed by atoms with E-state index in [0.29, 0.717) is 5.56 Å². The number of anilines is 2. The number of hydrogen-bond acceptors (Lipinski definition) is 6. The fraction of sp³-hybridized carbons (Fsp3) is 0.286. The lowest BCUT2D eigenvalue weighted by Crippen LogP contribution is -2.66. The van der Waals surface area contributed by atoms with Gasteiger partial charge in [-0.15, -0.1) is 0 Å². The zero-order valence-electron chi connectivity index (χ0n) is 26.5. The summed E-state index contributed by atoms with van der Waals surface area (Å²) in [6.45, 7) is 17.3. The number of para-hydroxylation sites is 1. The van der Waals surface area contributed by atoms with Gasteiger partial charge in [-0.2, -0.15) is 0 Å². The summed E-state index contributed by atoms with van der Waals surface area (Å²) >= 11 is 0. The third-order valence-corrected chi connectivity index (χ3v) is 8.93. The molecular formula is C35H32F2N6O4. The van der Waals surface area contributed by atoms with Crippen molar-refractivity contribution < 1.29 is 23.1 Å². The van der Waals surface area contributed by atoms with Crippen molar-refractivity contribution in [3.8, 4) is 22.7 Å². The average Bonchev–Trinajstić information content (AvgIpc) is 3.05. The lowest BCUT2D eigenvalue weighted by atomic mass is 9.97. The first kappa shape index (κ1) is 31.4. The van der Waals surface area contributed by atoms with Crippen LogP contribution in [0.2, 0.25) is 0 Å². The molecule has 1 fully saturated rings. The first-order valence-corrected chi connectivity index (χ1v) is 15.0. The zero-order chi connectivity index (χ0) is 33.9. The normalized spacial score (nSPS) is 17.4. The highest BCUT2D eigenvalue weighted by Crippen LogP contribution is 2.44. The van der Waals surface area contributed by atoms with Crippen molar-refractivity contribution in [2.24, 2.45) is 0 Å². The maximum absolute atomic E-state index is 16.4. The van der Waals surface area contributed by atoms with E-state index in [-0.39, 0.29) is 70.0 Å². The quantitative estimate of drug-likeness (QED) is 0.209. The van der Waals surface area contributed by atoms with Crippen LogP contribution in [-0.4, -0.2) is 65.6 Å². The molecule has 1 saturated heterocycles. The molecule has 6 rings (SSSR count). The molecule has 0 saturated carbocycles. The number of fused-ring (bicyclic) bond motifs is 5. The van der Waals surface area contributed by atoms with Gasteiger partial charge in [0.15, 0.2) is 5.82 Å². The van der Waals surface area contributed by atoms with Gasteiger partial charge in [-0.3, -0.25) is 19.0 Å². The number of aromatic nitrogens is 2. The van der Waals surface area contributed by atoms with Gasteiger partial charge >= 0.3 is 0 Å². The fourth-order valence-electron chi connectivity index (χ4n) is 6.68. The Bertz CT molecular complexity index is 2100. The molecule has 4 aromatic rings. The number of pyridine rings is 2. The number of rotatable bonds is 5. The first-order valence-electron chi connectivity index (χ1n) is 15.0. The van der Waals surface area contributed by atoms with Crippen LogP contribution in [-0.2, 0) is 9.59 Å². The minimum atomic E-state index is -0.888. The van der Waals surface area contributed by atoms with Gasteiger partial charge in [-0.25, -0.2) is 18.6 Å². The number of carbonyl (C=O) groups excluding carboxylic acids is 2. The number of halogens is 2. The van der Waals surface area contributed by atoms with Crippen molar-refractivity contribution in [2.45, 2.75) is 38.8 Å². The molecule has 0 aliphatic carbocycles. The summed E-state index contributed by atoms with van der Waals surface area (Å²) in [7, 11) is 2.79. The molecule has 2 aliphatic rings. The van der Waals surface area contributed by atoms with Crippen LogP contribution in [0.15, 0.2) is 59.9 Å². The van der Waals surface area contributed by atoms with E-state index in [1.54, 1.807) is 23.1 Å². The Hall–Kier alpha value is -5.57. The Balaban J connectivity index is 1.78. The molecular weight excluding hydrogens is 606 g/mol. The van der Waals surface area contributed by atoms with E-state index < -0.39 is 40.9 Å². The molecule has 2 aromatic carbocycles. The second-order valence-corrected chi connectivity index (χ2v) is 11.9. The molecule has 2 aliphatic heterocycles. The third-order valence-electron chi connectivity index (χ3n) is 8.93. The Morgan fingerprint density at radius 2 is 1.83 bits per heavy atom. The number of methoxy groups -OCH3 is 1. The smallest absolute Gasteiger partial charge is 0.281 e. The van der Waals surface area contributed by atoms with Gasteiger partial charge in [0.2, 0.25) is 11.6 Å². The lowest BCUT2D eigenvalue weighted by Gasteiger charge is -2.49. The zero-order valence-corrected chi connectivity index (χ0v) is 26.5. The molecule has 12 heteroatoms. The molecule has 240 valence electrons. The van der Waals surface area contributed by atoms with Gasteiger partial charge in [0.1, 0.15) is 34.6 Å². The number of carbonyl (C=O) groups is 2. The molecule has 10 nitrogen and oxygen atoms in total. The Kier molecular flexibility index (Phi) is 7.79. The number of hydrogen-bond donors (Lipinski definition) is 0. The summed E-state index contributed by atoms with van der Waals surface area (Å²) in [6.07, 6.45) is 1.18. The van der Waals surface area contributed by atoms with Crippen molar-refractivity contribution in [2.75, 3.05) is 37.0 Å². The van der Waals surface area contributed by atoms with E-state index in [4.69, 9.17) is 11.3 Å². The van der Waals surface area contributed by atoms with E-state index in [9.17, 15) is 14.4 Å². The molecule has 0 bridgehead atoms. The van der Waals surface area contributed by atoms with Gasteiger partial charge in [-0.1, -0.05) is 44.7 Å².